The lowest BCUT2D eigenvalue weighted by Gasteiger charge is -2.43. The Kier molecular flexibility index (Phi) is 4.69. The molecule has 2 aromatic heterocycles. The molecular weight excluding hydrogens is 406 g/mol. The van der Waals surface area contributed by atoms with Gasteiger partial charge < -0.3 is 15.6 Å². The molecule has 1 aliphatic heterocycles. The molecule has 8 nitrogen and oxygen atoms in total. The number of hydrogen-bond acceptors (Lipinski definition) is 4. The third-order valence-corrected chi connectivity index (χ3v) is 7.03. The highest BCUT2D eigenvalue weighted by molar-refractivity contribution is 6.07. The highest BCUT2D eigenvalue weighted by Crippen LogP contribution is 2.44. The molecule has 0 unspecified atom stereocenters. The van der Waals surface area contributed by atoms with Crippen LogP contribution in [0.15, 0.2) is 30.6 Å². The van der Waals surface area contributed by atoms with Crippen molar-refractivity contribution in [2.45, 2.75) is 45.6 Å². The smallest absolute Gasteiger partial charge is 0.253 e. The lowest BCUT2D eigenvalue weighted by molar-refractivity contribution is 0.0517. The van der Waals surface area contributed by atoms with E-state index in [1.807, 2.05) is 29.6 Å². The van der Waals surface area contributed by atoms with Gasteiger partial charge in [-0.2, -0.15) is 5.10 Å². The van der Waals surface area contributed by atoms with Gasteiger partial charge in [-0.15, -0.1) is 0 Å². The van der Waals surface area contributed by atoms with Crippen molar-refractivity contribution in [2.24, 2.45) is 11.1 Å². The van der Waals surface area contributed by atoms with Gasteiger partial charge in [0.2, 0.25) is 0 Å². The average Bonchev–Trinajstić information content (AvgIpc) is 3.37. The molecule has 32 heavy (non-hydrogen) atoms. The van der Waals surface area contributed by atoms with Crippen molar-refractivity contribution >= 4 is 28.5 Å². The number of Topliss-reactive ketones (excluding diaryl/α,β-unsaturated/α-hetero) is 1. The van der Waals surface area contributed by atoms with E-state index in [4.69, 9.17) is 5.73 Å². The molecule has 1 fully saturated rings. The van der Waals surface area contributed by atoms with Gasteiger partial charge in [0.25, 0.3) is 11.8 Å². The Bertz CT molecular complexity index is 1240. The van der Waals surface area contributed by atoms with E-state index in [2.05, 4.69) is 10.1 Å². The second kappa shape index (κ2) is 7.32. The molecule has 2 amide bonds. The van der Waals surface area contributed by atoms with Crippen LogP contribution >= 0.6 is 0 Å². The Morgan fingerprint density at radius 3 is 2.62 bits per heavy atom. The molecule has 0 saturated carbocycles. The third kappa shape index (κ3) is 3.21. The summed E-state index contributed by atoms with van der Waals surface area (Å²) in [7, 11) is 0. The topological polar surface area (TPSA) is 114 Å². The van der Waals surface area contributed by atoms with Crippen LogP contribution < -0.4 is 5.73 Å². The number of hydrogen-bond donors (Lipinski definition) is 2. The van der Waals surface area contributed by atoms with Crippen LogP contribution in [0.25, 0.3) is 10.9 Å². The first-order valence-electron chi connectivity index (χ1n) is 11.1. The van der Waals surface area contributed by atoms with Gasteiger partial charge in [0.1, 0.15) is 5.69 Å². The van der Waals surface area contributed by atoms with Crippen LogP contribution in [-0.2, 0) is 6.42 Å². The van der Waals surface area contributed by atoms with E-state index in [0.29, 0.717) is 41.5 Å². The summed E-state index contributed by atoms with van der Waals surface area (Å²) < 4.78 is 1.84. The normalized spacial score (nSPS) is 17.8. The summed E-state index contributed by atoms with van der Waals surface area (Å²) in [6, 6.07) is 5.43. The zero-order chi connectivity index (χ0) is 22.6. The van der Waals surface area contributed by atoms with Gasteiger partial charge in [-0.3, -0.25) is 19.1 Å². The number of nitrogens with two attached hydrogens (primary N) is 1. The minimum Gasteiger partial charge on any atom is -0.366 e. The van der Waals surface area contributed by atoms with Crippen LogP contribution in [0.4, 0.5) is 0 Å². The second-order valence-electron chi connectivity index (χ2n) is 9.45. The molecule has 1 saturated heterocycles. The van der Waals surface area contributed by atoms with Gasteiger partial charge in [0.05, 0.1) is 11.8 Å². The highest BCUT2D eigenvalue weighted by Gasteiger charge is 2.43. The number of piperidine rings is 1. The van der Waals surface area contributed by atoms with Crippen molar-refractivity contribution in [3.63, 3.8) is 0 Å². The van der Waals surface area contributed by atoms with Gasteiger partial charge in [-0.05, 0) is 50.7 Å². The molecule has 8 heteroatoms. The van der Waals surface area contributed by atoms with E-state index in [1.54, 1.807) is 24.4 Å². The quantitative estimate of drug-likeness (QED) is 0.660. The van der Waals surface area contributed by atoms with Crippen LogP contribution in [0.2, 0.25) is 0 Å². The molecule has 5 rings (SSSR count). The zero-order valence-corrected chi connectivity index (χ0v) is 18.4. The second-order valence-corrected chi connectivity index (χ2v) is 9.45. The van der Waals surface area contributed by atoms with Crippen molar-refractivity contribution in [2.75, 3.05) is 13.1 Å². The van der Waals surface area contributed by atoms with E-state index >= 15 is 0 Å². The Labute approximate surface area is 185 Å². The number of fused-ring (bicyclic) bond motifs is 2. The number of aromatic nitrogens is 3. The van der Waals surface area contributed by atoms with Gasteiger partial charge >= 0.3 is 0 Å². The number of H-pyrrole nitrogens is 1. The summed E-state index contributed by atoms with van der Waals surface area (Å²) in [5.74, 6) is -0.368. The number of likely N-dealkylation sites (tertiary alicyclic amines) is 1. The number of ketones is 1. The van der Waals surface area contributed by atoms with Crippen LogP contribution in [0.1, 0.15) is 75.9 Å². The SMILES string of the molecule is CC(C)n1ncc2c1C(=O)CC1(CCN(C(=O)c3ccc4c(C(N)=O)c[nH]c4c3)CC1)C2. The summed E-state index contributed by atoms with van der Waals surface area (Å²) in [6.45, 7) is 5.31. The molecule has 0 radical (unpaired) electrons. The average molecular weight is 434 g/mol. The maximum Gasteiger partial charge on any atom is 0.253 e. The minimum atomic E-state index is -0.499. The Balaban J connectivity index is 1.31. The molecule has 3 aromatic rings. The first-order chi connectivity index (χ1) is 15.3. The monoisotopic (exact) mass is 433 g/mol. The number of aromatic amines is 1. The number of benzene rings is 1. The largest absolute Gasteiger partial charge is 0.366 e. The van der Waals surface area contributed by atoms with Crippen molar-refractivity contribution in [1.29, 1.82) is 0 Å². The molecule has 166 valence electrons. The fraction of sp³-hybridized carbons (Fsp3) is 0.417. The standard InChI is InChI=1S/C24H27N5O3/c1-14(2)29-21-16(12-27-29)10-24(11-20(21)30)5-7-28(8-6-24)23(32)15-3-4-17-18(22(25)31)13-26-19(17)9-15/h3-4,9,12-14,26H,5-8,10-11H2,1-2H3,(H2,25,31). The third-order valence-electron chi connectivity index (χ3n) is 7.03. The van der Waals surface area contributed by atoms with E-state index < -0.39 is 5.91 Å². The fourth-order valence-corrected chi connectivity index (χ4v) is 5.30. The number of rotatable bonds is 3. The van der Waals surface area contributed by atoms with E-state index in [1.165, 1.54) is 0 Å². The summed E-state index contributed by atoms with van der Waals surface area (Å²) in [4.78, 5) is 42.5. The number of nitrogens with zero attached hydrogens (tertiary/aromatic N) is 3. The molecule has 0 atom stereocenters. The van der Waals surface area contributed by atoms with Crippen LogP contribution in [0.3, 0.4) is 0 Å². The first-order valence-corrected chi connectivity index (χ1v) is 11.1. The lowest BCUT2D eigenvalue weighted by atomic mass is 9.67. The van der Waals surface area contributed by atoms with Crippen molar-refractivity contribution in [1.82, 2.24) is 19.7 Å². The first kappa shape index (κ1) is 20.5. The molecule has 1 aliphatic carbocycles. The van der Waals surface area contributed by atoms with Crippen molar-refractivity contribution < 1.29 is 14.4 Å². The number of carbonyl (C=O) groups excluding carboxylic acids is 3. The Hall–Kier alpha value is -3.42. The molecule has 1 spiro atoms. The van der Waals surface area contributed by atoms with Gasteiger partial charge in [0, 0.05) is 53.8 Å². The maximum absolute atomic E-state index is 13.1. The predicted molar refractivity (Wildman–Crippen MR) is 120 cm³/mol. The Morgan fingerprint density at radius 2 is 1.94 bits per heavy atom. The van der Waals surface area contributed by atoms with E-state index in [9.17, 15) is 14.4 Å². The lowest BCUT2D eigenvalue weighted by Crippen LogP contribution is -2.46. The number of primary amides is 1. The predicted octanol–water partition coefficient (Wildman–Crippen LogP) is 3.10. The summed E-state index contributed by atoms with van der Waals surface area (Å²) in [6.07, 6.45) is 6.37. The van der Waals surface area contributed by atoms with Crippen molar-refractivity contribution in [3.05, 3.63) is 53.0 Å². The summed E-state index contributed by atoms with van der Waals surface area (Å²) in [5, 5.41) is 5.16. The van der Waals surface area contributed by atoms with Crippen molar-refractivity contribution in [3.8, 4) is 0 Å². The molecule has 0 bridgehead atoms. The minimum absolute atomic E-state index is 0.0348. The fourth-order valence-electron chi connectivity index (χ4n) is 5.30. The molecule has 2 aliphatic rings. The molecular formula is C24H27N5O3. The Morgan fingerprint density at radius 1 is 1.19 bits per heavy atom. The summed E-state index contributed by atoms with van der Waals surface area (Å²) in [5.41, 5.74) is 8.82. The number of nitrogens with one attached hydrogen (secondary N) is 1. The zero-order valence-electron chi connectivity index (χ0n) is 18.4. The van der Waals surface area contributed by atoms with Crippen LogP contribution in [-0.4, -0.2) is 50.4 Å². The maximum atomic E-state index is 13.1. The van der Waals surface area contributed by atoms with Gasteiger partial charge in [0.15, 0.2) is 5.78 Å². The van der Waals surface area contributed by atoms with Crippen LogP contribution in [0, 0.1) is 5.41 Å². The molecule has 3 N–H and O–H groups in total. The van der Waals surface area contributed by atoms with Gasteiger partial charge in [-0.25, -0.2) is 0 Å². The van der Waals surface area contributed by atoms with E-state index in [0.717, 1.165) is 30.5 Å². The highest BCUT2D eigenvalue weighted by atomic mass is 16.2. The van der Waals surface area contributed by atoms with Crippen LogP contribution in [0.5, 0.6) is 0 Å². The van der Waals surface area contributed by atoms with Gasteiger partial charge in [-0.1, -0.05) is 6.07 Å². The molecule has 1 aromatic carbocycles. The number of carbonyl (C=O) groups is 3. The van der Waals surface area contributed by atoms with E-state index in [-0.39, 0.29) is 23.1 Å². The number of amides is 2. The summed E-state index contributed by atoms with van der Waals surface area (Å²) >= 11 is 0. The molecule has 3 heterocycles.